The molecule has 1 saturated heterocycles. The van der Waals surface area contributed by atoms with Crippen molar-refractivity contribution in [3.8, 4) is 0 Å². The Morgan fingerprint density at radius 2 is 1.74 bits per heavy atom. The van der Waals surface area contributed by atoms with E-state index in [0.29, 0.717) is 24.2 Å². The smallest absolute Gasteiger partial charge is 0.258 e. The monoisotopic (exact) mass is 386 g/mol. The predicted molar refractivity (Wildman–Crippen MR) is 110 cm³/mol. The van der Waals surface area contributed by atoms with Crippen molar-refractivity contribution in [2.24, 2.45) is 0 Å². The molecule has 3 rings (SSSR count). The molecule has 0 aliphatic carbocycles. The van der Waals surface area contributed by atoms with E-state index in [-0.39, 0.29) is 17.7 Å². The number of nitrogens with zero attached hydrogens (tertiary/aromatic N) is 2. The van der Waals surface area contributed by atoms with Crippen LogP contribution in [0.2, 0.25) is 0 Å². The van der Waals surface area contributed by atoms with Gasteiger partial charge in [0, 0.05) is 23.8 Å². The van der Waals surface area contributed by atoms with Crippen molar-refractivity contribution >= 4 is 27.3 Å². The highest BCUT2D eigenvalue weighted by Gasteiger charge is 2.29. The highest BCUT2D eigenvalue weighted by atomic mass is 32.2. The third-order valence-corrected chi connectivity index (χ3v) is 6.73. The summed E-state index contributed by atoms with van der Waals surface area (Å²) in [5.41, 5.74) is 4.21. The lowest BCUT2D eigenvalue weighted by Gasteiger charge is -2.29. The molecule has 2 aromatic carbocycles. The van der Waals surface area contributed by atoms with Gasteiger partial charge in [-0.15, -0.1) is 0 Å². The van der Waals surface area contributed by atoms with Gasteiger partial charge < -0.3 is 4.90 Å². The van der Waals surface area contributed by atoms with Gasteiger partial charge in [-0.1, -0.05) is 12.1 Å². The topological polar surface area (TPSA) is 57.7 Å². The first-order valence-electron chi connectivity index (χ1n) is 9.22. The number of aryl methyl sites for hydroxylation is 2. The Morgan fingerprint density at radius 1 is 1.07 bits per heavy atom. The summed E-state index contributed by atoms with van der Waals surface area (Å²) in [6.45, 7) is 8.49. The van der Waals surface area contributed by atoms with Crippen molar-refractivity contribution in [1.82, 2.24) is 0 Å². The summed E-state index contributed by atoms with van der Waals surface area (Å²) in [6.07, 6.45) is 0.636. The van der Waals surface area contributed by atoms with E-state index in [0.717, 1.165) is 16.8 Å². The fraction of sp³-hybridized carbons (Fsp3) is 0.381. The first-order valence-corrected chi connectivity index (χ1v) is 10.8. The van der Waals surface area contributed by atoms with Gasteiger partial charge in [0.1, 0.15) is 0 Å². The summed E-state index contributed by atoms with van der Waals surface area (Å²) in [6, 6.07) is 12.9. The van der Waals surface area contributed by atoms with Crippen LogP contribution in [0.5, 0.6) is 0 Å². The van der Waals surface area contributed by atoms with Gasteiger partial charge in [-0.2, -0.15) is 0 Å². The normalized spacial score (nSPS) is 16.0. The van der Waals surface area contributed by atoms with Crippen LogP contribution in [0.3, 0.4) is 0 Å². The van der Waals surface area contributed by atoms with E-state index >= 15 is 0 Å². The number of hydrogen-bond donors (Lipinski definition) is 0. The molecule has 144 valence electrons. The zero-order valence-electron chi connectivity index (χ0n) is 16.3. The predicted octanol–water partition coefficient (Wildman–Crippen LogP) is 3.90. The summed E-state index contributed by atoms with van der Waals surface area (Å²) < 4.78 is 25.6. The Kier molecular flexibility index (Phi) is 5.29. The molecule has 0 aromatic heterocycles. The minimum Gasteiger partial charge on any atom is -0.306 e. The second-order valence-corrected chi connectivity index (χ2v) is 9.36. The fourth-order valence-corrected chi connectivity index (χ4v) is 5.00. The van der Waals surface area contributed by atoms with Crippen LogP contribution >= 0.6 is 0 Å². The van der Waals surface area contributed by atoms with Crippen molar-refractivity contribution in [2.45, 2.75) is 40.2 Å². The molecule has 0 N–H and O–H groups in total. The quantitative estimate of drug-likeness (QED) is 0.801. The van der Waals surface area contributed by atoms with E-state index in [1.807, 2.05) is 45.9 Å². The minimum absolute atomic E-state index is 0.00311. The molecule has 0 unspecified atom stereocenters. The maximum atomic E-state index is 13.2. The highest BCUT2D eigenvalue weighted by molar-refractivity contribution is 7.93. The number of anilines is 2. The third kappa shape index (κ3) is 3.86. The van der Waals surface area contributed by atoms with Crippen LogP contribution in [-0.2, 0) is 10.0 Å². The lowest BCUT2D eigenvalue weighted by Crippen LogP contribution is -2.37. The van der Waals surface area contributed by atoms with E-state index < -0.39 is 10.0 Å². The number of carbonyl (C=O) groups is 1. The van der Waals surface area contributed by atoms with E-state index in [9.17, 15) is 13.2 Å². The summed E-state index contributed by atoms with van der Waals surface area (Å²) >= 11 is 0. The summed E-state index contributed by atoms with van der Waals surface area (Å²) in [7, 11) is -3.22. The molecule has 0 radical (unpaired) electrons. The van der Waals surface area contributed by atoms with E-state index in [4.69, 9.17) is 0 Å². The molecule has 6 heteroatoms. The molecule has 1 amide bonds. The molecule has 5 nitrogen and oxygen atoms in total. The number of sulfonamides is 1. The maximum Gasteiger partial charge on any atom is 0.258 e. The fourth-order valence-electron chi connectivity index (χ4n) is 3.44. The number of hydrogen-bond acceptors (Lipinski definition) is 3. The summed E-state index contributed by atoms with van der Waals surface area (Å²) in [5.74, 6) is 0.0936. The third-order valence-electron chi connectivity index (χ3n) is 4.86. The minimum atomic E-state index is -3.22. The van der Waals surface area contributed by atoms with Crippen LogP contribution in [0.4, 0.5) is 11.4 Å². The zero-order valence-corrected chi connectivity index (χ0v) is 17.1. The molecule has 1 fully saturated rings. The van der Waals surface area contributed by atoms with Gasteiger partial charge in [0.15, 0.2) is 0 Å². The van der Waals surface area contributed by atoms with Crippen LogP contribution in [-0.4, -0.2) is 32.7 Å². The SMILES string of the molecule is Cc1ccc(C)c(N(C(=O)c2ccc(N3CCCS3(=O)=O)cc2)C(C)C)c1. The number of benzene rings is 2. The van der Waals surface area contributed by atoms with Gasteiger partial charge in [-0.05, 0) is 75.6 Å². The van der Waals surface area contributed by atoms with Gasteiger partial charge in [-0.25, -0.2) is 8.42 Å². The molecule has 27 heavy (non-hydrogen) atoms. The molecule has 0 bridgehead atoms. The highest BCUT2D eigenvalue weighted by Crippen LogP contribution is 2.28. The Labute approximate surface area is 161 Å². The van der Waals surface area contributed by atoms with Crippen LogP contribution in [0.25, 0.3) is 0 Å². The Morgan fingerprint density at radius 3 is 2.30 bits per heavy atom. The van der Waals surface area contributed by atoms with Gasteiger partial charge in [-0.3, -0.25) is 9.10 Å². The Bertz CT molecular complexity index is 950. The average Bonchev–Trinajstić information content (AvgIpc) is 2.97. The van der Waals surface area contributed by atoms with Gasteiger partial charge in [0.05, 0.1) is 11.4 Å². The summed E-state index contributed by atoms with van der Waals surface area (Å²) in [4.78, 5) is 15.0. The molecular weight excluding hydrogens is 360 g/mol. The first-order chi connectivity index (χ1) is 12.7. The molecule has 1 aliphatic heterocycles. The number of carbonyl (C=O) groups excluding carboxylic acids is 1. The van der Waals surface area contributed by atoms with Crippen molar-refractivity contribution in [1.29, 1.82) is 0 Å². The van der Waals surface area contributed by atoms with E-state index in [1.54, 1.807) is 29.2 Å². The Balaban J connectivity index is 1.92. The standard InChI is InChI=1S/C21H26N2O3S/c1-15(2)23(20-14-16(3)6-7-17(20)4)21(24)18-8-10-19(11-9-18)22-12-5-13-27(22,25)26/h6-11,14-15H,5,12-13H2,1-4H3. The second-order valence-electron chi connectivity index (χ2n) is 7.35. The van der Waals surface area contributed by atoms with Crippen molar-refractivity contribution in [3.05, 3.63) is 59.2 Å². The molecule has 0 spiro atoms. The van der Waals surface area contributed by atoms with Crippen molar-refractivity contribution in [3.63, 3.8) is 0 Å². The lowest BCUT2D eigenvalue weighted by atomic mass is 10.1. The molecule has 0 saturated carbocycles. The van der Waals surface area contributed by atoms with E-state index in [2.05, 4.69) is 0 Å². The largest absolute Gasteiger partial charge is 0.306 e. The van der Waals surface area contributed by atoms with Gasteiger partial charge in [0.2, 0.25) is 10.0 Å². The first kappa shape index (κ1) is 19.4. The molecule has 1 heterocycles. The van der Waals surface area contributed by atoms with Gasteiger partial charge >= 0.3 is 0 Å². The number of rotatable bonds is 4. The van der Waals surface area contributed by atoms with Gasteiger partial charge in [0.25, 0.3) is 5.91 Å². The van der Waals surface area contributed by atoms with Crippen LogP contribution in [0.1, 0.15) is 41.8 Å². The molecule has 1 aliphatic rings. The van der Waals surface area contributed by atoms with Crippen LogP contribution in [0.15, 0.2) is 42.5 Å². The summed E-state index contributed by atoms with van der Waals surface area (Å²) in [5, 5.41) is 0. The molecule has 0 atom stereocenters. The molecular formula is C21H26N2O3S. The lowest BCUT2D eigenvalue weighted by molar-refractivity contribution is 0.0980. The number of amides is 1. The molecule has 2 aromatic rings. The Hall–Kier alpha value is -2.34. The maximum absolute atomic E-state index is 13.2. The van der Waals surface area contributed by atoms with Crippen molar-refractivity contribution < 1.29 is 13.2 Å². The zero-order chi connectivity index (χ0) is 19.8. The average molecular weight is 387 g/mol. The van der Waals surface area contributed by atoms with Crippen molar-refractivity contribution in [2.75, 3.05) is 21.5 Å². The second kappa shape index (κ2) is 7.35. The van der Waals surface area contributed by atoms with E-state index in [1.165, 1.54) is 4.31 Å². The van der Waals surface area contributed by atoms with Crippen LogP contribution in [0, 0.1) is 13.8 Å². The van der Waals surface area contributed by atoms with Crippen LogP contribution < -0.4 is 9.21 Å².